The highest BCUT2D eigenvalue weighted by atomic mass is 35.5. The van der Waals surface area contributed by atoms with Crippen molar-refractivity contribution in [3.8, 4) is 0 Å². The van der Waals surface area contributed by atoms with Gasteiger partial charge in [0.25, 0.3) is 0 Å². The fourth-order valence-corrected chi connectivity index (χ4v) is 1.95. The van der Waals surface area contributed by atoms with E-state index in [1.54, 1.807) is 6.92 Å². The average Bonchev–Trinajstić information content (AvgIpc) is 2.25. The van der Waals surface area contributed by atoms with Gasteiger partial charge in [0, 0.05) is 19.7 Å². The molecule has 1 fully saturated rings. The summed E-state index contributed by atoms with van der Waals surface area (Å²) < 4.78 is 5.66. The van der Waals surface area contributed by atoms with E-state index in [1.165, 1.54) is 0 Å². The normalized spacial score (nSPS) is 23.9. The molecule has 1 aliphatic rings. The van der Waals surface area contributed by atoms with E-state index >= 15 is 0 Å². The van der Waals surface area contributed by atoms with Gasteiger partial charge in [0.2, 0.25) is 5.91 Å². The number of amides is 1. The summed E-state index contributed by atoms with van der Waals surface area (Å²) in [5.41, 5.74) is 0. The maximum Gasteiger partial charge on any atom is 0.240 e. The van der Waals surface area contributed by atoms with Crippen molar-refractivity contribution in [1.29, 1.82) is 0 Å². The van der Waals surface area contributed by atoms with Gasteiger partial charge >= 0.3 is 0 Å². The fraction of sp³-hybridized carbons (Fsp3) is 0.909. The minimum absolute atomic E-state index is 0.0291. The lowest BCUT2D eigenvalue weighted by molar-refractivity contribution is -0.134. The molecule has 3 nitrogen and oxygen atoms in total. The van der Waals surface area contributed by atoms with Gasteiger partial charge in [-0.3, -0.25) is 4.79 Å². The lowest BCUT2D eigenvalue weighted by Gasteiger charge is -2.33. The third kappa shape index (κ3) is 3.99. The molecule has 0 radical (unpaired) electrons. The van der Waals surface area contributed by atoms with Crippen LogP contribution in [0, 0.1) is 0 Å². The van der Waals surface area contributed by atoms with Crippen LogP contribution in [0.4, 0.5) is 0 Å². The molecule has 0 aliphatic carbocycles. The Hall–Kier alpha value is -0.280. The van der Waals surface area contributed by atoms with Crippen LogP contribution in [-0.2, 0) is 9.53 Å². The molecule has 0 aromatic carbocycles. The highest BCUT2D eigenvalue weighted by Gasteiger charge is 2.25. The number of hydrogen-bond acceptors (Lipinski definition) is 2. The van der Waals surface area contributed by atoms with E-state index < -0.39 is 5.38 Å². The lowest BCUT2D eigenvalue weighted by atomic mass is 10.1. The predicted octanol–water partition coefficient (Wildman–Crippen LogP) is 2.03. The third-order valence-corrected chi connectivity index (χ3v) is 2.77. The molecular weight excluding hydrogens is 214 g/mol. The Labute approximate surface area is 96.7 Å². The summed E-state index contributed by atoms with van der Waals surface area (Å²) in [6.45, 7) is 6.12. The van der Waals surface area contributed by atoms with Gasteiger partial charge in [-0.2, -0.15) is 0 Å². The number of carbonyl (C=O) groups excluding carboxylic acids is 1. The van der Waals surface area contributed by atoms with Crippen LogP contribution in [0.3, 0.4) is 0 Å². The van der Waals surface area contributed by atoms with Crippen molar-refractivity contribution in [2.75, 3.05) is 19.7 Å². The number of alkyl halides is 1. The first kappa shape index (κ1) is 12.8. The maximum atomic E-state index is 11.7. The summed E-state index contributed by atoms with van der Waals surface area (Å²) in [6.07, 6.45) is 3.30. The standard InChI is InChI=1S/C11H20ClNO2/c1-3-7-15-10-5-4-6-13(8-10)11(14)9(2)12/h9-10H,3-8H2,1-2H3. The van der Waals surface area contributed by atoms with Crippen LogP contribution in [0.2, 0.25) is 0 Å². The van der Waals surface area contributed by atoms with Crippen LogP contribution >= 0.6 is 11.6 Å². The molecule has 88 valence electrons. The molecule has 0 spiro atoms. The second kappa shape index (κ2) is 6.33. The molecule has 4 heteroatoms. The molecule has 2 unspecified atom stereocenters. The van der Waals surface area contributed by atoms with Crippen LogP contribution in [-0.4, -0.2) is 42.0 Å². The van der Waals surface area contributed by atoms with Crippen LogP contribution in [0.1, 0.15) is 33.1 Å². The summed E-state index contributed by atoms with van der Waals surface area (Å²) in [6, 6.07) is 0. The van der Waals surface area contributed by atoms with Crippen LogP contribution < -0.4 is 0 Å². The molecule has 1 aliphatic heterocycles. The van der Waals surface area contributed by atoms with Gasteiger partial charge in [-0.1, -0.05) is 6.92 Å². The predicted molar refractivity (Wildman–Crippen MR) is 61.2 cm³/mol. The van der Waals surface area contributed by atoms with E-state index in [-0.39, 0.29) is 12.0 Å². The first-order chi connectivity index (χ1) is 7.15. The summed E-state index contributed by atoms with van der Waals surface area (Å²) >= 11 is 5.78. The molecule has 0 bridgehead atoms. The Morgan fingerprint density at radius 3 is 3.00 bits per heavy atom. The van der Waals surface area contributed by atoms with Crippen LogP contribution in [0.25, 0.3) is 0 Å². The number of likely N-dealkylation sites (tertiary alicyclic amines) is 1. The molecule has 0 aromatic heterocycles. The second-order valence-corrected chi connectivity index (χ2v) is 4.69. The van der Waals surface area contributed by atoms with Crippen molar-refractivity contribution in [3.63, 3.8) is 0 Å². The summed E-state index contributed by atoms with van der Waals surface area (Å²) in [7, 11) is 0. The zero-order chi connectivity index (χ0) is 11.3. The zero-order valence-corrected chi connectivity index (χ0v) is 10.3. The van der Waals surface area contributed by atoms with E-state index in [9.17, 15) is 4.79 Å². The van der Waals surface area contributed by atoms with Gasteiger partial charge < -0.3 is 9.64 Å². The van der Waals surface area contributed by atoms with E-state index in [4.69, 9.17) is 16.3 Å². The number of carbonyl (C=O) groups is 1. The Morgan fingerprint density at radius 2 is 2.40 bits per heavy atom. The number of piperidine rings is 1. The summed E-state index contributed by atoms with van der Waals surface area (Å²) in [4.78, 5) is 13.5. The SMILES string of the molecule is CCCOC1CCCN(C(=O)C(C)Cl)C1. The van der Waals surface area contributed by atoms with E-state index in [2.05, 4.69) is 6.92 Å². The van der Waals surface area contributed by atoms with Crippen molar-refractivity contribution < 1.29 is 9.53 Å². The Kier molecular flexibility index (Phi) is 5.40. The van der Waals surface area contributed by atoms with Crippen molar-refractivity contribution in [3.05, 3.63) is 0 Å². The highest BCUT2D eigenvalue weighted by Crippen LogP contribution is 2.15. The number of nitrogens with zero attached hydrogens (tertiary/aromatic N) is 1. The number of rotatable bonds is 4. The maximum absolute atomic E-state index is 11.7. The Bertz CT molecular complexity index is 209. The molecule has 2 atom stereocenters. The minimum Gasteiger partial charge on any atom is -0.376 e. The number of ether oxygens (including phenoxy) is 1. The molecule has 15 heavy (non-hydrogen) atoms. The summed E-state index contributed by atoms with van der Waals surface area (Å²) in [5.74, 6) is 0.0291. The fourth-order valence-electron chi connectivity index (χ4n) is 1.81. The van der Waals surface area contributed by atoms with Gasteiger partial charge in [0.1, 0.15) is 5.38 Å². The van der Waals surface area contributed by atoms with Crippen molar-refractivity contribution >= 4 is 17.5 Å². The second-order valence-electron chi connectivity index (χ2n) is 4.04. The number of halogens is 1. The first-order valence-corrected chi connectivity index (χ1v) is 6.13. The largest absolute Gasteiger partial charge is 0.376 e. The molecule has 1 saturated heterocycles. The molecule has 0 saturated carbocycles. The molecule has 0 aromatic rings. The quantitative estimate of drug-likeness (QED) is 0.696. The van der Waals surface area contributed by atoms with Crippen molar-refractivity contribution in [2.45, 2.75) is 44.6 Å². The smallest absolute Gasteiger partial charge is 0.240 e. The molecule has 0 N–H and O–H groups in total. The highest BCUT2D eigenvalue weighted by molar-refractivity contribution is 6.30. The number of hydrogen-bond donors (Lipinski definition) is 0. The van der Waals surface area contributed by atoms with E-state index in [1.807, 2.05) is 4.90 Å². The molecule has 1 amide bonds. The molecular formula is C11H20ClNO2. The zero-order valence-electron chi connectivity index (χ0n) is 9.54. The third-order valence-electron chi connectivity index (χ3n) is 2.59. The van der Waals surface area contributed by atoms with E-state index in [0.29, 0.717) is 6.54 Å². The van der Waals surface area contributed by atoms with E-state index in [0.717, 1.165) is 32.4 Å². The van der Waals surface area contributed by atoms with Gasteiger partial charge in [-0.15, -0.1) is 11.6 Å². The van der Waals surface area contributed by atoms with Gasteiger partial charge in [-0.25, -0.2) is 0 Å². The average molecular weight is 234 g/mol. The van der Waals surface area contributed by atoms with Crippen LogP contribution in [0.5, 0.6) is 0 Å². The first-order valence-electron chi connectivity index (χ1n) is 5.69. The van der Waals surface area contributed by atoms with Crippen molar-refractivity contribution in [1.82, 2.24) is 4.90 Å². The Morgan fingerprint density at radius 1 is 1.67 bits per heavy atom. The van der Waals surface area contributed by atoms with Gasteiger partial charge in [-0.05, 0) is 26.2 Å². The lowest BCUT2D eigenvalue weighted by Crippen LogP contribution is -2.45. The van der Waals surface area contributed by atoms with Crippen molar-refractivity contribution in [2.24, 2.45) is 0 Å². The summed E-state index contributed by atoms with van der Waals surface area (Å²) in [5, 5.41) is -0.421. The van der Waals surface area contributed by atoms with Crippen LogP contribution in [0.15, 0.2) is 0 Å². The van der Waals surface area contributed by atoms with Gasteiger partial charge in [0.15, 0.2) is 0 Å². The topological polar surface area (TPSA) is 29.5 Å². The minimum atomic E-state index is -0.421. The monoisotopic (exact) mass is 233 g/mol. The molecule has 1 rings (SSSR count). The van der Waals surface area contributed by atoms with Gasteiger partial charge in [0.05, 0.1) is 6.10 Å². The molecule has 1 heterocycles. The Balaban J connectivity index is 2.38.